The number of nitrogens with one attached hydrogen (secondary N) is 1. The lowest BCUT2D eigenvalue weighted by atomic mass is 10.00. The summed E-state index contributed by atoms with van der Waals surface area (Å²) in [7, 11) is 0. The lowest BCUT2D eigenvalue weighted by molar-refractivity contribution is -0.132. The van der Waals surface area contributed by atoms with Crippen molar-refractivity contribution in [2.75, 3.05) is 0 Å². The Balaban J connectivity index is 2.46. The number of amides is 2. The van der Waals surface area contributed by atoms with Gasteiger partial charge in [-0.15, -0.1) is 6.58 Å². The van der Waals surface area contributed by atoms with Crippen molar-refractivity contribution in [2.24, 2.45) is 0 Å². The predicted octanol–water partition coefficient (Wildman–Crippen LogP) is 5.11. The van der Waals surface area contributed by atoms with Crippen molar-refractivity contribution in [3.8, 4) is 5.75 Å². The summed E-state index contributed by atoms with van der Waals surface area (Å²) in [5.74, 6) is -0.887. The molecule has 6 heteroatoms. The normalized spacial score (nSPS) is 11.0. The molecule has 0 aliphatic rings. The smallest absolute Gasteiger partial charge is 0.308 e. The lowest BCUT2D eigenvalue weighted by Gasteiger charge is -2.36. The number of nitrogens with zero attached hydrogens (tertiary/aromatic N) is 1. The molecule has 0 spiro atoms. The molecule has 2 rings (SSSR count). The highest BCUT2D eigenvalue weighted by Gasteiger charge is 2.30. The summed E-state index contributed by atoms with van der Waals surface area (Å²) in [6.07, 6.45) is 3.00. The van der Waals surface area contributed by atoms with E-state index in [0.717, 1.165) is 23.1 Å². The van der Waals surface area contributed by atoms with Gasteiger partial charge in [-0.25, -0.2) is 5.01 Å². The van der Waals surface area contributed by atoms with Gasteiger partial charge >= 0.3 is 5.97 Å². The molecule has 6 nitrogen and oxygen atoms in total. The number of ether oxygens (including phenoxy) is 1. The quantitative estimate of drug-likeness (QED) is 0.287. The Hall–Kier alpha value is -3.41. The number of rotatable bonds is 6. The van der Waals surface area contributed by atoms with Crippen molar-refractivity contribution >= 4 is 17.8 Å². The third kappa shape index (κ3) is 6.31. The fraction of sp³-hybridized carbons (Fsp3) is 0.370. The molecule has 0 atom stereocenters. The molecule has 33 heavy (non-hydrogen) atoms. The topological polar surface area (TPSA) is 75.7 Å². The predicted molar refractivity (Wildman–Crippen MR) is 130 cm³/mol. The molecule has 0 bridgehead atoms. The van der Waals surface area contributed by atoms with Gasteiger partial charge in [0.2, 0.25) is 0 Å². The first-order valence-electron chi connectivity index (χ1n) is 11.1. The van der Waals surface area contributed by atoms with Gasteiger partial charge in [-0.1, -0.05) is 30.7 Å². The minimum absolute atomic E-state index is 0.296. The van der Waals surface area contributed by atoms with Gasteiger partial charge in [-0.2, -0.15) is 0 Å². The average Bonchev–Trinajstić information content (AvgIpc) is 2.72. The van der Waals surface area contributed by atoms with E-state index in [9.17, 15) is 14.4 Å². The van der Waals surface area contributed by atoms with Gasteiger partial charge in [0.05, 0.1) is 5.54 Å². The third-order valence-corrected chi connectivity index (χ3v) is 5.22. The van der Waals surface area contributed by atoms with Crippen molar-refractivity contribution in [1.29, 1.82) is 0 Å². The number of hydrogen-bond acceptors (Lipinski definition) is 4. The fourth-order valence-electron chi connectivity index (χ4n) is 3.60. The molecule has 0 aliphatic heterocycles. The van der Waals surface area contributed by atoms with Crippen molar-refractivity contribution < 1.29 is 19.1 Å². The van der Waals surface area contributed by atoms with E-state index in [2.05, 4.69) is 12.0 Å². The maximum absolute atomic E-state index is 13.4. The molecule has 2 amide bonds. The van der Waals surface area contributed by atoms with Crippen molar-refractivity contribution in [3.05, 3.63) is 76.4 Å². The molecule has 0 unspecified atom stereocenters. The molecule has 0 heterocycles. The summed E-state index contributed by atoms with van der Waals surface area (Å²) in [5, 5.41) is 1.35. The summed E-state index contributed by atoms with van der Waals surface area (Å²) in [4.78, 5) is 38.4. The van der Waals surface area contributed by atoms with Crippen LogP contribution in [0.5, 0.6) is 5.75 Å². The van der Waals surface area contributed by atoms with E-state index in [1.165, 1.54) is 11.9 Å². The molecule has 1 N–H and O–H groups in total. The van der Waals surface area contributed by atoms with E-state index < -0.39 is 17.4 Å². The maximum Gasteiger partial charge on any atom is 0.308 e. The van der Waals surface area contributed by atoms with Gasteiger partial charge in [0.25, 0.3) is 11.8 Å². The number of hydrogen-bond donors (Lipinski definition) is 1. The number of aryl methyl sites for hydroxylation is 2. The average molecular weight is 451 g/mol. The highest BCUT2D eigenvalue weighted by molar-refractivity contribution is 6.00. The number of hydrazine groups is 1. The summed E-state index contributed by atoms with van der Waals surface area (Å²) in [5.41, 5.74) is 6.25. The number of benzene rings is 2. The van der Waals surface area contributed by atoms with Crippen LogP contribution in [0.3, 0.4) is 0 Å². The minimum atomic E-state index is -0.682. The highest BCUT2D eigenvalue weighted by Crippen LogP contribution is 2.28. The molecular formula is C27H34N2O4. The third-order valence-electron chi connectivity index (χ3n) is 5.22. The SMILES string of the molecule is C=CCc1ccc(C(=O)NN(C(=O)c2cc(C)cc(CC)c2)C(C)(C)C)c(C)c1OC(C)=O. The molecule has 0 aliphatic carbocycles. The molecule has 176 valence electrons. The van der Waals surface area contributed by atoms with Crippen molar-refractivity contribution in [2.45, 2.75) is 66.8 Å². The molecule has 2 aromatic carbocycles. The van der Waals surface area contributed by atoms with Gasteiger partial charge in [-0.3, -0.25) is 19.8 Å². The van der Waals surface area contributed by atoms with Crippen LogP contribution >= 0.6 is 0 Å². The minimum Gasteiger partial charge on any atom is -0.426 e. The van der Waals surface area contributed by atoms with Crippen molar-refractivity contribution in [3.63, 3.8) is 0 Å². The Morgan fingerprint density at radius 1 is 1.12 bits per heavy atom. The van der Waals surface area contributed by atoms with Crippen LogP contribution < -0.4 is 10.2 Å². The summed E-state index contributed by atoms with van der Waals surface area (Å²) in [6, 6.07) is 9.12. The van der Waals surface area contributed by atoms with Crippen LogP contribution in [0.15, 0.2) is 43.0 Å². The largest absolute Gasteiger partial charge is 0.426 e. The van der Waals surface area contributed by atoms with Crippen molar-refractivity contribution in [1.82, 2.24) is 10.4 Å². The molecule has 2 aromatic rings. The van der Waals surface area contributed by atoms with Crippen LogP contribution in [0.4, 0.5) is 0 Å². The summed E-state index contributed by atoms with van der Waals surface area (Å²) < 4.78 is 5.40. The van der Waals surface area contributed by atoms with E-state index in [1.807, 2.05) is 52.8 Å². The molecule has 0 aromatic heterocycles. The summed E-state index contributed by atoms with van der Waals surface area (Å²) >= 11 is 0. The number of allylic oxidation sites excluding steroid dienone is 1. The van der Waals surface area contributed by atoms with Gasteiger partial charge < -0.3 is 4.74 Å². The zero-order chi connectivity index (χ0) is 24.9. The zero-order valence-electron chi connectivity index (χ0n) is 20.7. The Bertz CT molecular complexity index is 1080. The number of esters is 1. The lowest BCUT2D eigenvalue weighted by Crippen LogP contribution is -2.56. The van der Waals surface area contributed by atoms with E-state index >= 15 is 0 Å². The molecule has 0 radical (unpaired) electrons. The van der Waals surface area contributed by atoms with Gasteiger partial charge in [0.15, 0.2) is 0 Å². The Morgan fingerprint density at radius 2 is 1.79 bits per heavy atom. The Kier molecular flexibility index (Phi) is 8.20. The first-order valence-corrected chi connectivity index (χ1v) is 11.1. The first kappa shape index (κ1) is 25.8. The van der Waals surface area contributed by atoms with Gasteiger partial charge in [-0.05, 0) is 76.8 Å². The van der Waals surface area contributed by atoms with Gasteiger partial charge in [0.1, 0.15) is 5.75 Å². The maximum atomic E-state index is 13.4. The van der Waals surface area contributed by atoms with E-state index in [0.29, 0.717) is 28.9 Å². The second kappa shape index (κ2) is 10.5. The van der Waals surface area contributed by atoms with Crippen LogP contribution in [0.1, 0.15) is 77.6 Å². The second-order valence-corrected chi connectivity index (χ2v) is 9.13. The second-order valence-electron chi connectivity index (χ2n) is 9.13. The number of carbonyl (C=O) groups is 3. The van der Waals surface area contributed by atoms with Gasteiger partial charge in [0, 0.05) is 23.6 Å². The molecular weight excluding hydrogens is 416 g/mol. The van der Waals surface area contributed by atoms with Crippen LogP contribution in [-0.4, -0.2) is 28.3 Å². The van der Waals surface area contributed by atoms with E-state index in [4.69, 9.17) is 4.74 Å². The fourth-order valence-corrected chi connectivity index (χ4v) is 3.60. The van der Waals surface area contributed by atoms with E-state index in [-0.39, 0.29) is 5.91 Å². The molecule has 0 fully saturated rings. The monoisotopic (exact) mass is 450 g/mol. The van der Waals surface area contributed by atoms with Crippen LogP contribution in [0.2, 0.25) is 0 Å². The Morgan fingerprint density at radius 3 is 2.33 bits per heavy atom. The Labute approximate surface area is 196 Å². The molecule has 0 saturated carbocycles. The number of carbonyl (C=O) groups excluding carboxylic acids is 3. The summed E-state index contributed by atoms with van der Waals surface area (Å²) in [6.45, 7) is 16.3. The standard InChI is InChI=1S/C27H34N2O4/c1-9-11-21-12-13-23(18(4)24(21)33-19(5)30)25(31)28-29(27(6,7)8)26(32)22-15-17(3)14-20(10-2)16-22/h9,12-16H,1,10-11H2,2-8H3,(H,28,31). The van der Waals surface area contributed by atoms with Crippen LogP contribution in [0, 0.1) is 13.8 Å². The molecule has 0 saturated heterocycles. The zero-order valence-corrected chi connectivity index (χ0v) is 20.7. The van der Waals surface area contributed by atoms with Crippen LogP contribution in [0.25, 0.3) is 0 Å². The van der Waals surface area contributed by atoms with E-state index in [1.54, 1.807) is 25.1 Å². The first-order chi connectivity index (χ1) is 15.4. The van der Waals surface area contributed by atoms with Crippen LogP contribution in [-0.2, 0) is 17.6 Å². The highest BCUT2D eigenvalue weighted by atomic mass is 16.5.